The number of hydrogen-bond acceptors (Lipinski definition) is 2. The number of ether oxygens (including phenoxy) is 1. The van der Waals surface area contributed by atoms with Crippen molar-refractivity contribution in [3.63, 3.8) is 0 Å². The molecule has 0 aromatic heterocycles. The number of hydrogen-bond donors (Lipinski definition) is 1. The summed E-state index contributed by atoms with van der Waals surface area (Å²) in [6, 6.07) is 15.8. The van der Waals surface area contributed by atoms with E-state index in [1.807, 2.05) is 12.1 Å². The maximum absolute atomic E-state index is 9.39. The van der Waals surface area contributed by atoms with Crippen LogP contribution in [0.25, 0.3) is 0 Å². The SMILES string of the molecule is Oc1ccc2c(c1)OCC(c1ccccc1)C2.[Na]. The van der Waals surface area contributed by atoms with E-state index in [-0.39, 0.29) is 35.3 Å². The Morgan fingerprint density at radius 2 is 1.83 bits per heavy atom. The summed E-state index contributed by atoms with van der Waals surface area (Å²) in [6.45, 7) is 0.681. The van der Waals surface area contributed by atoms with Crippen LogP contribution in [-0.4, -0.2) is 41.3 Å². The summed E-state index contributed by atoms with van der Waals surface area (Å²) in [6.07, 6.45) is 0.972. The van der Waals surface area contributed by atoms with Gasteiger partial charge in [-0.15, -0.1) is 0 Å². The number of phenols is 1. The van der Waals surface area contributed by atoms with Crippen LogP contribution in [0.15, 0.2) is 48.5 Å². The van der Waals surface area contributed by atoms with Gasteiger partial charge in [-0.25, -0.2) is 0 Å². The van der Waals surface area contributed by atoms with Gasteiger partial charge in [-0.2, -0.15) is 0 Å². The van der Waals surface area contributed by atoms with E-state index in [2.05, 4.69) is 24.3 Å². The third-order valence-electron chi connectivity index (χ3n) is 3.23. The van der Waals surface area contributed by atoms with E-state index >= 15 is 0 Å². The molecule has 3 rings (SSSR count). The Labute approximate surface area is 129 Å². The molecule has 0 saturated carbocycles. The second kappa shape index (κ2) is 5.79. The van der Waals surface area contributed by atoms with Crippen molar-refractivity contribution in [2.75, 3.05) is 6.61 Å². The molecule has 1 N–H and O–H groups in total. The van der Waals surface area contributed by atoms with Crippen LogP contribution < -0.4 is 4.74 Å². The van der Waals surface area contributed by atoms with Gasteiger partial charge in [0.1, 0.15) is 11.5 Å². The van der Waals surface area contributed by atoms with E-state index in [1.165, 1.54) is 11.1 Å². The average Bonchev–Trinajstić information content (AvgIpc) is 2.39. The first kappa shape index (κ1) is 13.5. The molecule has 2 nitrogen and oxygen atoms in total. The van der Waals surface area contributed by atoms with Crippen molar-refractivity contribution in [2.24, 2.45) is 0 Å². The molecule has 1 atom stereocenters. The quantitative estimate of drug-likeness (QED) is 0.787. The molecule has 0 bridgehead atoms. The molecule has 0 saturated heterocycles. The fraction of sp³-hybridized carbons (Fsp3) is 0.200. The molecular formula is C15H14NaO2. The molecule has 1 radical (unpaired) electrons. The number of phenolic OH excluding ortho intramolecular Hbond substituents is 1. The number of aromatic hydroxyl groups is 1. The Kier molecular flexibility index (Phi) is 4.33. The fourth-order valence-electron chi connectivity index (χ4n) is 2.30. The number of fused-ring (bicyclic) bond motifs is 1. The minimum atomic E-state index is 0. The summed E-state index contributed by atoms with van der Waals surface area (Å²) < 4.78 is 5.71. The first-order chi connectivity index (χ1) is 8.33. The third kappa shape index (κ3) is 2.72. The van der Waals surface area contributed by atoms with Crippen LogP contribution in [0.1, 0.15) is 17.0 Å². The topological polar surface area (TPSA) is 29.5 Å². The second-order valence-corrected chi connectivity index (χ2v) is 4.41. The van der Waals surface area contributed by atoms with Gasteiger partial charge < -0.3 is 9.84 Å². The van der Waals surface area contributed by atoms with Gasteiger partial charge in [-0.1, -0.05) is 36.4 Å². The summed E-state index contributed by atoms with van der Waals surface area (Å²) in [5, 5.41) is 9.39. The maximum atomic E-state index is 9.39. The first-order valence-electron chi connectivity index (χ1n) is 5.82. The van der Waals surface area contributed by atoms with E-state index in [1.54, 1.807) is 12.1 Å². The van der Waals surface area contributed by atoms with Gasteiger partial charge in [0, 0.05) is 41.5 Å². The third-order valence-corrected chi connectivity index (χ3v) is 3.23. The van der Waals surface area contributed by atoms with Gasteiger partial charge in [-0.3, -0.25) is 0 Å². The van der Waals surface area contributed by atoms with Crippen molar-refractivity contribution in [2.45, 2.75) is 12.3 Å². The van der Waals surface area contributed by atoms with E-state index < -0.39 is 0 Å². The fourth-order valence-corrected chi connectivity index (χ4v) is 2.30. The van der Waals surface area contributed by atoms with Gasteiger partial charge in [0.25, 0.3) is 0 Å². The molecule has 0 spiro atoms. The van der Waals surface area contributed by atoms with Crippen molar-refractivity contribution >= 4 is 29.6 Å². The van der Waals surface area contributed by atoms with Crippen LogP contribution in [0.4, 0.5) is 0 Å². The van der Waals surface area contributed by atoms with E-state index in [4.69, 9.17) is 4.74 Å². The Balaban J connectivity index is 0.00000120. The van der Waals surface area contributed by atoms with Crippen molar-refractivity contribution in [3.05, 3.63) is 59.7 Å². The van der Waals surface area contributed by atoms with E-state index in [0.717, 1.165) is 12.2 Å². The van der Waals surface area contributed by atoms with Crippen LogP contribution in [0, 0.1) is 0 Å². The zero-order valence-electron chi connectivity index (χ0n) is 10.5. The molecule has 1 heterocycles. The van der Waals surface area contributed by atoms with E-state index in [0.29, 0.717) is 12.5 Å². The predicted molar refractivity (Wildman–Crippen MR) is 72.2 cm³/mol. The first-order valence-corrected chi connectivity index (χ1v) is 5.82. The normalized spacial score (nSPS) is 17.2. The van der Waals surface area contributed by atoms with Crippen LogP contribution in [0.5, 0.6) is 11.5 Å². The smallest absolute Gasteiger partial charge is 0.126 e. The molecular weight excluding hydrogens is 235 g/mol. The van der Waals surface area contributed by atoms with Crippen LogP contribution in [-0.2, 0) is 6.42 Å². The van der Waals surface area contributed by atoms with Crippen molar-refractivity contribution in [1.29, 1.82) is 0 Å². The Morgan fingerprint density at radius 1 is 1.06 bits per heavy atom. The Bertz CT molecular complexity index is 525. The number of benzene rings is 2. The standard InChI is InChI=1S/C15H14O2.Na/c16-14-7-6-12-8-13(10-17-15(12)9-14)11-4-2-1-3-5-11;/h1-7,9,13,16H,8,10H2;. The van der Waals surface area contributed by atoms with Gasteiger partial charge in [0.15, 0.2) is 0 Å². The van der Waals surface area contributed by atoms with Crippen molar-refractivity contribution in [1.82, 2.24) is 0 Å². The van der Waals surface area contributed by atoms with Crippen LogP contribution >= 0.6 is 0 Å². The average molecular weight is 249 g/mol. The summed E-state index contributed by atoms with van der Waals surface area (Å²) in [5.74, 6) is 1.49. The molecule has 0 fully saturated rings. The summed E-state index contributed by atoms with van der Waals surface area (Å²) in [7, 11) is 0. The minimum Gasteiger partial charge on any atom is -0.508 e. The minimum absolute atomic E-state index is 0. The van der Waals surface area contributed by atoms with Gasteiger partial charge in [0.05, 0.1) is 6.61 Å². The zero-order chi connectivity index (χ0) is 11.7. The summed E-state index contributed by atoms with van der Waals surface area (Å²) >= 11 is 0. The molecule has 18 heavy (non-hydrogen) atoms. The molecule has 1 aliphatic heterocycles. The van der Waals surface area contributed by atoms with Gasteiger partial charge in [-0.05, 0) is 23.6 Å². The Morgan fingerprint density at radius 3 is 2.61 bits per heavy atom. The zero-order valence-corrected chi connectivity index (χ0v) is 12.5. The van der Waals surface area contributed by atoms with Crippen molar-refractivity contribution in [3.8, 4) is 11.5 Å². The maximum Gasteiger partial charge on any atom is 0.126 e. The number of rotatable bonds is 1. The molecule has 87 valence electrons. The molecule has 3 heteroatoms. The van der Waals surface area contributed by atoms with Gasteiger partial charge >= 0.3 is 0 Å². The molecule has 1 aliphatic rings. The summed E-state index contributed by atoms with van der Waals surface area (Å²) in [4.78, 5) is 0. The Hall–Kier alpha value is -0.960. The molecule has 0 aliphatic carbocycles. The molecule has 0 amide bonds. The molecule has 2 aromatic carbocycles. The van der Waals surface area contributed by atoms with Crippen molar-refractivity contribution < 1.29 is 9.84 Å². The van der Waals surface area contributed by atoms with Crippen LogP contribution in [0.2, 0.25) is 0 Å². The summed E-state index contributed by atoms with van der Waals surface area (Å²) in [5.41, 5.74) is 2.48. The van der Waals surface area contributed by atoms with E-state index in [9.17, 15) is 5.11 Å². The van der Waals surface area contributed by atoms with Gasteiger partial charge in [0.2, 0.25) is 0 Å². The monoisotopic (exact) mass is 249 g/mol. The predicted octanol–water partition coefficient (Wildman–Crippen LogP) is 2.73. The molecule has 1 unspecified atom stereocenters. The van der Waals surface area contributed by atoms with Crippen LogP contribution in [0.3, 0.4) is 0 Å². The molecule has 2 aromatic rings. The second-order valence-electron chi connectivity index (χ2n) is 4.41. The largest absolute Gasteiger partial charge is 0.508 e.